The number of alkyl halides is 1. The first-order valence-corrected chi connectivity index (χ1v) is 6.82. The van der Waals surface area contributed by atoms with E-state index in [0.29, 0.717) is 0 Å². The molecule has 0 aliphatic carbocycles. The molecule has 0 aliphatic heterocycles. The lowest BCUT2D eigenvalue weighted by molar-refractivity contribution is 0.441. The Morgan fingerprint density at radius 3 is 2.50 bits per heavy atom. The van der Waals surface area contributed by atoms with Crippen LogP contribution in [-0.2, 0) is 10.0 Å². The van der Waals surface area contributed by atoms with Crippen molar-refractivity contribution in [2.24, 2.45) is 0 Å². The van der Waals surface area contributed by atoms with Crippen molar-refractivity contribution >= 4 is 21.6 Å². The maximum Gasteiger partial charge on any atom is 0.246 e. The van der Waals surface area contributed by atoms with Gasteiger partial charge in [0.25, 0.3) is 0 Å². The van der Waals surface area contributed by atoms with Gasteiger partial charge in [-0.1, -0.05) is 19.1 Å². The van der Waals surface area contributed by atoms with Gasteiger partial charge in [0, 0.05) is 19.0 Å². The zero-order chi connectivity index (χ0) is 12.2. The van der Waals surface area contributed by atoms with Crippen molar-refractivity contribution in [2.45, 2.75) is 11.8 Å². The van der Waals surface area contributed by atoms with Gasteiger partial charge in [-0.3, -0.25) is 0 Å². The van der Waals surface area contributed by atoms with E-state index < -0.39 is 15.8 Å². The van der Waals surface area contributed by atoms with E-state index in [2.05, 4.69) is 0 Å². The van der Waals surface area contributed by atoms with Crippen LogP contribution in [0.4, 0.5) is 4.39 Å². The second kappa shape index (κ2) is 5.61. The Morgan fingerprint density at radius 1 is 1.38 bits per heavy atom. The summed E-state index contributed by atoms with van der Waals surface area (Å²) in [5.74, 6) is -0.558. The summed E-state index contributed by atoms with van der Waals surface area (Å²) in [6, 6.07) is 5.32. The van der Waals surface area contributed by atoms with Gasteiger partial charge in [0.15, 0.2) is 0 Å². The average Bonchev–Trinajstić information content (AvgIpc) is 2.26. The first kappa shape index (κ1) is 13.4. The summed E-state index contributed by atoms with van der Waals surface area (Å²) in [5, 5.41) is 0. The van der Waals surface area contributed by atoms with Gasteiger partial charge in [0.2, 0.25) is 10.0 Å². The van der Waals surface area contributed by atoms with E-state index in [4.69, 9.17) is 11.6 Å². The molecule has 0 radical (unpaired) electrons. The Kier molecular flexibility index (Phi) is 4.70. The molecule has 0 saturated heterocycles. The second-order valence-corrected chi connectivity index (χ2v) is 5.40. The molecule has 0 fully saturated rings. The molecule has 0 aliphatic rings. The first-order valence-electron chi connectivity index (χ1n) is 4.84. The van der Waals surface area contributed by atoms with Crippen LogP contribution in [0.5, 0.6) is 0 Å². The van der Waals surface area contributed by atoms with Gasteiger partial charge >= 0.3 is 0 Å². The maximum atomic E-state index is 13.4. The Balaban J connectivity index is 3.15. The topological polar surface area (TPSA) is 37.4 Å². The summed E-state index contributed by atoms with van der Waals surface area (Å²) < 4.78 is 38.5. The van der Waals surface area contributed by atoms with E-state index in [0.717, 1.165) is 10.4 Å². The molecular formula is C10H13ClFNO2S. The van der Waals surface area contributed by atoms with Crippen LogP contribution < -0.4 is 0 Å². The molecule has 0 unspecified atom stereocenters. The number of hydrogen-bond acceptors (Lipinski definition) is 2. The van der Waals surface area contributed by atoms with Crippen molar-refractivity contribution in [3.8, 4) is 0 Å². The van der Waals surface area contributed by atoms with Crippen molar-refractivity contribution in [3.63, 3.8) is 0 Å². The number of hydrogen-bond donors (Lipinski definition) is 0. The smallest absolute Gasteiger partial charge is 0.207 e. The highest BCUT2D eigenvalue weighted by atomic mass is 35.5. The Bertz CT molecular complexity index is 450. The summed E-state index contributed by atoms with van der Waals surface area (Å²) in [6.07, 6.45) is 0. The van der Waals surface area contributed by atoms with Crippen molar-refractivity contribution in [2.75, 3.05) is 19.0 Å². The fourth-order valence-electron chi connectivity index (χ4n) is 1.34. The molecule has 0 spiro atoms. The Hall–Kier alpha value is -0.650. The number of nitrogens with zero attached hydrogens (tertiary/aromatic N) is 1. The minimum Gasteiger partial charge on any atom is -0.207 e. The molecule has 90 valence electrons. The fourth-order valence-corrected chi connectivity index (χ4v) is 3.15. The van der Waals surface area contributed by atoms with Crippen LogP contribution in [0.25, 0.3) is 0 Å². The van der Waals surface area contributed by atoms with Crippen molar-refractivity contribution in [1.29, 1.82) is 0 Å². The molecule has 0 atom stereocenters. The quantitative estimate of drug-likeness (QED) is 0.765. The van der Waals surface area contributed by atoms with Gasteiger partial charge in [-0.2, -0.15) is 4.31 Å². The standard InChI is InChI=1S/C10H13ClFNO2S/c1-2-13(8-7-11)16(14,15)10-6-4-3-5-9(10)12/h3-6H,2,7-8H2,1H3. The number of benzene rings is 1. The molecular weight excluding hydrogens is 253 g/mol. The SMILES string of the molecule is CCN(CCCl)S(=O)(=O)c1ccccc1F. The predicted octanol–water partition coefficient (Wildman–Crippen LogP) is 2.08. The minimum atomic E-state index is -3.77. The highest BCUT2D eigenvalue weighted by Crippen LogP contribution is 2.18. The Labute approximate surface area is 99.9 Å². The number of sulfonamides is 1. The van der Waals surface area contributed by atoms with E-state index >= 15 is 0 Å². The van der Waals surface area contributed by atoms with Crippen LogP contribution >= 0.6 is 11.6 Å². The molecule has 6 heteroatoms. The largest absolute Gasteiger partial charge is 0.246 e. The molecule has 0 amide bonds. The third-order valence-corrected chi connectivity index (χ3v) is 4.32. The van der Waals surface area contributed by atoms with E-state index in [-0.39, 0.29) is 23.9 Å². The highest BCUT2D eigenvalue weighted by Gasteiger charge is 2.25. The molecule has 3 nitrogen and oxygen atoms in total. The molecule has 0 N–H and O–H groups in total. The molecule has 0 bridgehead atoms. The molecule has 0 heterocycles. The van der Waals surface area contributed by atoms with E-state index in [1.165, 1.54) is 18.2 Å². The zero-order valence-corrected chi connectivity index (χ0v) is 10.4. The van der Waals surface area contributed by atoms with Gasteiger partial charge < -0.3 is 0 Å². The molecule has 0 aromatic heterocycles. The molecule has 1 aromatic carbocycles. The molecule has 0 saturated carbocycles. The van der Waals surface area contributed by atoms with Crippen LogP contribution in [0.1, 0.15) is 6.92 Å². The van der Waals surface area contributed by atoms with Gasteiger partial charge in [0.1, 0.15) is 10.7 Å². The van der Waals surface area contributed by atoms with Crippen LogP contribution in [0.15, 0.2) is 29.2 Å². The van der Waals surface area contributed by atoms with E-state index in [1.807, 2.05) is 0 Å². The second-order valence-electron chi connectivity index (χ2n) is 3.12. The molecule has 1 aromatic rings. The van der Waals surface area contributed by atoms with Gasteiger partial charge in [-0.05, 0) is 12.1 Å². The van der Waals surface area contributed by atoms with E-state index in [9.17, 15) is 12.8 Å². The molecule has 16 heavy (non-hydrogen) atoms. The van der Waals surface area contributed by atoms with Gasteiger partial charge in [-0.15, -0.1) is 11.6 Å². The van der Waals surface area contributed by atoms with Gasteiger partial charge in [-0.25, -0.2) is 12.8 Å². The number of halogens is 2. The lowest BCUT2D eigenvalue weighted by atomic mass is 10.4. The summed E-state index contributed by atoms with van der Waals surface area (Å²) in [5.41, 5.74) is 0. The predicted molar refractivity (Wildman–Crippen MR) is 61.6 cm³/mol. The van der Waals surface area contributed by atoms with Crippen LogP contribution in [0.3, 0.4) is 0 Å². The Morgan fingerprint density at radius 2 is 2.00 bits per heavy atom. The summed E-state index contributed by atoms with van der Waals surface area (Å²) in [7, 11) is -3.77. The van der Waals surface area contributed by atoms with Crippen molar-refractivity contribution in [1.82, 2.24) is 4.31 Å². The average molecular weight is 266 g/mol. The number of rotatable bonds is 5. The maximum absolute atomic E-state index is 13.4. The zero-order valence-electron chi connectivity index (χ0n) is 8.86. The van der Waals surface area contributed by atoms with Crippen LogP contribution in [0, 0.1) is 5.82 Å². The lowest BCUT2D eigenvalue weighted by Gasteiger charge is -2.19. The van der Waals surface area contributed by atoms with Crippen LogP contribution in [0.2, 0.25) is 0 Å². The molecule has 1 rings (SSSR count). The monoisotopic (exact) mass is 265 g/mol. The van der Waals surface area contributed by atoms with Crippen LogP contribution in [-0.4, -0.2) is 31.7 Å². The summed E-state index contributed by atoms with van der Waals surface area (Å²) in [4.78, 5) is -0.304. The third-order valence-electron chi connectivity index (χ3n) is 2.14. The van der Waals surface area contributed by atoms with Gasteiger partial charge in [0.05, 0.1) is 0 Å². The first-order chi connectivity index (χ1) is 7.54. The fraction of sp³-hybridized carbons (Fsp3) is 0.400. The van der Waals surface area contributed by atoms with Crippen molar-refractivity contribution in [3.05, 3.63) is 30.1 Å². The van der Waals surface area contributed by atoms with Crippen molar-refractivity contribution < 1.29 is 12.8 Å². The normalized spacial score (nSPS) is 12.0. The minimum absolute atomic E-state index is 0.175. The third kappa shape index (κ3) is 2.72. The summed E-state index contributed by atoms with van der Waals surface area (Å²) in [6.45, 7) is 2.13. The summed E-state index contributed by atoms with van der Waals surface area (Å²) >= 11 is 5.51. The highest BCUT2D eigenvalue weighted by molar-refractivity contribution is 7.89. The lowest BCUT2D eigenvalue weighted by Crippen LogP contribution is -2.33. The van der Waals surface area contributed by atoms with E-state index in [1.54, 1.807) is 6.92 Å².